The van der Waals surface area contributed by atoms with Gasteiger partial charge in [-0.3, -0.25) is 0 Å². The standard InChI is InChI=1S/C13H21NOS/c1-2-9(8-14)13(15)12-7-10-5-3-4-6-11(10)16-12/h7,9,13,15H,2-6,8,14H2,1H3. The molecular formula is C13H21NOS. The highest BCUT2D eigenvalue weighted by Crippen LogP contribution is 2.35. The van der Waals surface area contributed by atoms with Crippen LogP contribution in [-0.4, -0.2) is 11.7 Å². The molecule has 0 saturated heterocycles. The third-order valence-electron chi connectivity index (χ3n) is 3.58. The van der Waals surface area contributed by atoms with E-state index in [0.29, 0.717) is 6.54 Å². The minimum absolute atomic E-state index is 0.208. The van der Waals surface area contributed by atoms with Crippen LogP contribution in [0.25, 0.3) is 0 Å². The van der Waals surface area contributed by atoms with Crippen molar-refractivity contribution in [2.45, 2.75) is 45.1 Å². The molecule has 1 aromatic rings. The zero-order valence-electron chi connectivity index (χ0n) is 9.91. The van der Waals surface area contributed by atoms with Crippen LogP contribution in [-0.2, 0) is 12.8 Å². The largest absolute Gasteiger partial charge is 0.387 e. The summed E-state index contributed by atoms with van der Waals surface area (Å²) in [5.74, 6) is 0.208. The van der Waals surface area contributed by atoms with Gasteiger partial charge in [-0.15, -0.1) is 11.3 Å². The lowest BCUT2D eigenvalue weighted by atomic mass is 9.95. The van der Waals surface area contributed by atoms with Gasteiger partial charge in [-0.25, -0.2) is 0 Å². The Hall–Kier alpha value is -0.380. The maximum absolute atomic E-state index is 10.3. The summed E-state index contributed by atoms with van der Waals surface area (Å²) < 4.78 is 0. The van der Waals surface area contributed by atoms with Crippen molar-refractivity contribution in [3.63, 3.8) is 0 Å². The van der Waals surface area contributed by atoms with Gasteiger partial charge < -0.3 is 10.8 Å². The van der Waals surface area contributed by atoms with E-state index in [1.54, 1.807) is 11.3 Å². The summed E-state index contributed by atoms with van der Waals surface area (Å²) in [5, 5.41) is 10.3. The molecular weight excluding hydrogens is 218 g/mol. The number of aliphatic hydroxyl groups is 1. The fraction of sp³-hybridized carbons (Fsp3) is 0.692. The topological polar surface area (TPSA) is 46.2 Å². The minimum atomic E-state index is -0.356. The molecule has 0 bridgehead atoms. The Morgan fingerprint density at radius 2 is 2.19 bits per heavy atom. The van der Waals surface area contributed by atoms with Crippen LogP contribution in [0, 0.1) is 5.92 Å². The fourth-order valence-corrected chi connectivity index (χ4v) is 3.75. The van der Waals surface area contributed by atoms with Gasteiger partial charge in [0.05, 0.1) is 6.10 Å². The van der Waals surface area contributed by atoms with Gasteiger partial charge in [0.1, 0.15) is 0 Å². The third kappa shape index (κ3) is 2.31. The predicted molar refractivity (Wildman–Crippen MR) is 68.8 cm³/mol. The lowest BCUT2D eigenvalue weighted by Crippen LogP contribution is -2.20. The Balaban J connectivity index is 2.17. The first-order valence-electron chi connectivity index (χ1n) is 6.25. The first-order valence-corrected chi connectivity index (χ1v) is 7.07. The molecule has 0 fully saturated rings. The fourth-order valence-electron chi connectivity index (χ4n) is 2.41. The van der Waals surface area contributed by atoms with E-state index in [1.165, 1.54) is 36.1 Å². The first kappa shape index (κ1) is 12.1. The number of thiophene rings is 1. The Morgan fingerprint density at radius 1 is 1.44 bits per heavy atom. The van der Waals surface area contributed by atoms with E-state index in [0.717, 1.165) is 11.3 Å². The average molecular weight is 239 g/mol. The Morgan fingerprint density at radius 3 is 2.81 bits per heavy atom. The number of fused-ring (bicyclic) bond motifs is 1. The SMILES string of the molecule is CCC(CN)C(O)c1cc2c(s1)CCCC2. The van der Waals surface area contributed by atoms with Gasteiger partial charge in [-0.05, 0) is 50.3 Å². The van der Waals surface area contributed by atoms with E-state index in [-0.39, 0.29) is 12.0 Å². The number of rotatable bonds is 4. The van der Waals surface area contributed by atoms with Crippen molar-refractivity contribution >= 4 is 11.3 Å². The number of hydrogen-bond acceptors (Lipinski definition) is 3. The first-order chi connectivity index (χ1) is 7.76. The number of aliphatic hydroxyl groups excluding tert-OH is 1. The molecule has 1 aromatic heterocycles. The van der Waals surface area contributed by atoms with Gasteiger partial charge in [0.15, 0.2) is 0 Å². The normalized spacial score (nSPS) is 19.2. The molecule has 1 heterocycles. The Bertz CT molecular complexity index is 320. The summed E-state index contributed by atoms with van der Waals surface area (Å²) in [4.78, 5) is 2.62. The van der Waals surface area contributed by atoms with E-state index in [4.69, 9.17) is 5.73 Å². The van der Waals surface area contributed by atoms with Crippen molar-refractivity contribution in [1.29, 1.82) is 0 Å². The molecule has 1 aliphatic rings. The number of hydrogen-bond donors (Lipinski definition) is 2. The van der Waals surface area contributed by atoms with Crippen molar-refractivity contribution in [1.82, 2.24) is 0 Å². The van der Waals surface area contributed by atoms with Gasteiger partial charge in [-0.2, -0.15) is 0 Å². The molecule has 90 valence electrons. The average Bonchev–Trinajstić information content (AvgIpc) is 2.74. The summed E-state index contributed by atoms with van der Waals surface area (Å²) in [6, 6.07) is 2.21. The Kier molecular flexibility index (Phi) is 4.00. The molecule has 3 N–H and O–H groups in total. The molecule has 0 aromatic carbocycles. The lowest BCUT2D eigenvalue weighted by molar-refractivity contribution is 0.113. The summed E-state index contributed by atoms with van der Waals surface area (Å²) >= 11 is 1.80. The van der Waals surface area contributed by atoms with Crippen molar-refractivity contribution in [2.75, 3.05) is 6.54 Å². The zero-order valence-corrected chi connectivity index (χ0v) is 10.7. The summed E-state index contributed by atoms with van der Waals surface area (Å²) in [5.41, 5.74) is 7.16. The van der Waals surface area contributed by atoms with Crippen molar-refractivity contribution in [2.24, 2.45) is 11.7 Å². The molecule has 0 spiro atoms. The maximum atomic E-state index is 10.3. The second kappa shape index (κ2) is 5.30. The maximum Gasteiger partial charge on any atom is 0.0922 e. The third-order valence-corrected chi connectivity index (χ3v) is 4.89. The molecule has 16 heavy (non-hydrogen) atoms. The smallest absolute Gasteiger partial charge is 0.0922 e. The summed E-state index contributed by atoms with van der Waals surface area (Å²) in [7, 11) is 0. The van der Waals surface area contributed by atoms with Crippen LogP contribution in [0.4, 0.5) is 0 Å². The summed E-state index contributed by atoms with van der Waals surface area (Å²) in [6.45, 7) is 2.66. The van der Waals surface area contributed by atoms with Gasteiger partial charge in [0.25, 0.3) is 0 Å². The van der Waals surface area contributed by atoms with Crippen LogP contribution in [0.15, 0.2) is 6.07 Å². The predicted octanol–water partition coefficient (Wildman–Crippen LogP) is 2.65. The van der Waals surface area contributed by atoms with Gasteiger partial charge in [0, 0.05) is 15.7 Å². The van der Waals surface area contributed by atoms with Crippen LogP contribution >= 0.6 is 11.3 Å². The van der Waals surface area contributed by atoms with Crippen molar-refractivity contribution < 1.29 is 5.11 Å². The molecule has 2 atom stereocenters. The van der Waals surface area contributed by atoms with Crippen LogP contribution in [0.1, 0.15) is 47.6 Å². The van der Waals surface area contributed by atoms with Crippen LogP contribution in [0.3, 0.4) is 0 Å². The van der Waals surface area contributed by atoms with Gasteiger partial charge in [0.2, 0.25) is 0 Å². The molecule has 0 radical (unpaired) electrons. The van der Waals surface area contributed by atoms with E-state index >= 15 is 0 Å². The van der Waals surface area contributed by atoms with Crippen LogP contribution < -0.4 is 5.73 Å². The molecule has 2 unspecified atom stereocenters. The Labute approximate surface area is 101 Å². The van der Waals surface area contributed by atoms with Gasteiger partial charge in [-0.1, -0.05) is 6.92 Å². The molecule has 3 heteroatoms. The molecule has 0 saturated carbocycles. The quantitative estimate of drug-likeness (QED) is 0.848. The molecule has 1 aliphatic carbocycles. The van der Waals surface area contributed by atoms with Crippen molar-refractivity contribution in [3.8, 4) is 0 Å². The molecule has 0 amide bonds. The van der Waals surface area contributed by atoms with E-state index < -0.39 is 0 Å². The van der Waals surface area contributed by atoms with Gasteiger partial charge >= 0.3 is 0 Å². The van der Waals surface area contributed by atoms with Crippen LogP contribution in [0.5, 0.6) is 0 Å². The summed E-state index contributed by atoms with van der Waals surface area (Å²) in [6.07, 6.45) is 5.58. The highest BCUT2D eigenvalue weighted by molar-refractivity contribution is 7.12. The van der Waals surface area contributed by atoms with E-state index in [1.807, 2.05) is 0 Å². The highest BCUT2D eigenvalue weighted by Gasteiger charge is 2.22. The second-order valence-electron chi connectivity index (χ2n) is 4.65. The zero-order chi connectivity index (χ0) is 11.5. The van der Waals surface area contributed by atoms with Crippen LogP contribution in [0.2, 0.25) is 0 Å². The molecule has 0 aliphatic heterocycles. The monoisotopic (exact) mass is 239 g/mol. The molecule has 2 nitrogen and oxygen atoms in total. The highest BCUT2D eigenvalue weighted by atomic mass is 32.1. The number of aryl methyl sites for hydroxylation is 2. The molecule has 2 rings (SSSR count). The van der Waals surface area contributed by atoms with E-state index in [2.05, 4.69) is 13.0 Å². The van der Waals surface area contributed by atoms with Crippen molar-refractivity contribution in [3.05, 3.63) is 21.4 Å². The second-order valence-corrected chi connectivity index (χ2v) is 5.82. The number of nitrogens with two attached hydrogens (primary N) is 1. The van der Waals surface area contributed by atoms with E-state index in [9.17, 15) is 5.11 Å². The minimum Gasteiger partial charge on any atom is -0.387 e. The lowest BCUT2D eigenvalue weighted by Gasteiger charge is -2.18.